The molecule has 0 spiro atoms. The lowest BCUT2D eigenvalue weighted by Gasteiger charge is -2.13. The van der Waals surface area contributed by atoms with Crippen molar-refractivity contribution < 1.29 is 8.42 Å². The van der Waals surface area contributed by atoms with Crippen molar-refractivity contribution in [3.8, 4) is 0 Å². The molecule has 0 aliphatic heterocycles. The molecular weight excluding hydrogens is 250 g/mol. The first kappa shape index (κ1) is 14.1. The first-order valence-electron chi connectivity index (χ1n) is 5.62. The average Bonchev–Trinajstić information content (AvgIpc) is 2.25. The Hall–Kier alpha value is -0.943. The Kier molecular flexibility index (Phi) is 4.65. The molecule has 0 aliphatic rings. The maximum Gasteiger partial charge on any atom is 0.252 e. The van der Waals surface area contributed by atoms with Gasteiger partial charge in [-0.05, 0) is 11.6 Å². The minimum Gasteiger partial charge on any atom is -0.205 e. The maximum atomic E-state index is 11.7. The molecule has 3 nitrogen and oxygen atoms in total. The Bertz CT molecular complexity index is 475. The molecule has 5 heteroatoms. The van der Waals surface area contributed by atoms with E-state index in [0.29, 0.717) is 0 Å². The summed E-state index contributed by atoms with van der Waals surface area (Å²) in [6.45, 7) is 6.47. The number of benzene rings is 1. The van der Waals surface area contributed by atoms with E-state index in [1.54, 1.807) is 0 Å². The summed E-state index contributed by atoms with van der Waals surface area (Å²) in [5.74, 6) is 0.159. The summed E-state index contributed by atoms with van der Waals surface area (Å²) >= 11 is 0. The Labute approximate surface area is 105 Å². The quantitative estimate of drug-likeness (QED) is 0.609. The van der Waals surface area contributed by atoms with Crippen molar-refractivity contribution in [2.45, 2.75) is 25.7 Å². The predicted octanol–water partition coefficient (Wildman–Crippen LogP) is 2.77. The van der Waals surface area contributed by atoms with Gasteiger partial charge in [0.25, 0.3) is 10.0 Å². The van der Waals surface area contributed by atoms with Crippen LogP contribution in [0.2, 0.25) is 25.7 Å². The van der Waals surface area contributed by atoms with E-state index in [1.807, 2.05) is 30.3 Å². The molecule has 1 aromatic rings. The second-order valence-corrected chi connectivity index (χ2v) is 12.6. The fourth-order valence-electron chi connectivity index (χ4n) is 1.17. The topological polar surface area (TPSA) is 46.5 Å². The SMILES string of the molecule is C[Si](C)(C)CCS(=O)(=O)N=Cc1ccccc1. The van der Waals surface area contributed by atoms with Gasteiger partial charge < -0.3 is 0 Å². The van der Waals surface area contributed by atoms with E-state index in [1.165, 1.54) is 6.21 Å². The first-order chi connectivity index (χ1) is 7.79. The highest BCUT2D eigenvalue weighted by Crippen LogP contribution is 2.10. The van der Waals surface area contributed by atoms with Crippen molar-refractivity contribution in [2.75, 3.05) is 5.75 Å². The van der Waals surface area contributed by atoms with Gasteiger partial charge in [-0.2, -0.15) is 4.40 Å². The standard InChI is InChI=1S/C12H19NO2SSi/c1-17(2,3)10-9-16(14,15)13-11-12-7-5-4-6-8-12/h4-8,11H,9-10H2,1-3H3. The van der Waals surface area contributed by atoms with Gasteiger partial charge >= 0.3 is 0 Å². The minimum absolute atomic E-state index is 0.159. The van der Waals surface area contributed by atoms with Gasteiger partial charge in [-0.1, -0.05) is 50.0 Å². The zero-order valence-corrected chi connectivity index (χ0v) is 12.4. The lowest BCUT2D eigenvalue weighted by molar-refractivity contribution is 0.599. The monoisotopic (exact) mass is 269 g/mol. The zero-order valence-electron chi connectivity index (χ0n) is 10.6. The van der Waals surface area contributed by atoms with Crippen LogP contribution >= 0.6 is 0 Å². The van der Waals surface area contributed by atoms with Crippen LogP contribution in [-0.2, 0) is 10.0 Å². The van der Waals surface area contributed by atoms with Crippen LogP contribution in [0.3, 0.4) is 0 Å². The van der Waals surface area contributed by atoms with E-state index in [9.17, 15) is 8.42 Å². The van der Waals surface area contributed by atoms with E-state index >= 15 is 0 Å². The van der Waals surface area contributed by atoms with Crippen LogP contribution in [-0.4, -0.2) is 28.5 Å². The van der Waals surface area contributed by atoms with Crippen LogP contribution in [0.15, 0.2) is 34.7 Å². The third kappa shape index (κ3) is 6.38. The molecule has 0 unspecified atom stereocenters. The van der Waals surface area contributed by atoms with Crippen molar-refractivity contribution in [1.29, 1.82) is 0 Å². The normalized spacial score (nSPS) is 13.1. The molecule has 1 rings (SSSR count). The number of sulfonamides is 1. The third-order valence-corrected chi connectivity index (χ3v) is 5.53. The molecule has 0 bridgehead atoms. The van der Waals surface area contributed by atoms with E-state index in [4.69, 9.17) is 0 Å². The molecule has 0 aliphatic carbocycles. The smallest absolute Gasteiger partial charge is 0.205 e. The highest BCUT2D eigenvalue weighted by atomic mass is 32.2. The van der Waals surface area contributed by atoms with E-state index < -0.39 is 18.1 Å². The summed E-state index contributed by atoms with van der Waals surface area (Å²) in [5.41, 5.74) is 0.809. The molecule has 0 aromatic heterocycles. The predicted molar refractivity (Wildman–Crippen MR) is 76.0 cm³/mol. The van der Waals surface area contributed by atoms with Crippen molar-refractivity contribution in [1.82, 2.24) is 0 Å². The van der Waals surface area contributed by atoms with Gasteiger partial charge in [-0.3, -0.25) is 0 Å². The molecule has 0 fully saturated rings. The summed E-state index contributed by atoms with van der Waals surface area (Å²) < 4.78 is 27.0. The van der Waals surface area contributed by atoms with Crippen LogP contribution in [0.1, 0.15) is 5.56 Å². The summed E-state index contributed by atoms with van der Waals surface area (Å²) in [6, 6.07) is 10.0. The van der Waals surface area contributed by atoms with Crippen LogP contribution < -0.4 is 0 Å². The van der Waals surface area contributed by atoms with Gasteiger partial charge in [0.2, 0.25) is 0 Å². The molecule has 1 aromatic carbocycles. The van der Waals surface area contributed by atoms with Crippen LogP contribution in [0.25, 0.3) is 0 Å². The lowest BCUT2D eigenvalue weighted by atomic mass is 10.2. The summed E-state index contributed by atoms with van der Waals surface area (Å²) in [5, 5.41) is 0. The molecule has 0 N–H and O–H groups in total. The lowest BCUT2D eigenvalue weighted by Crippen LogP contribution is -2.23. The number of hydrogen-bond acceptors (Lipinski definition) is 2. The minimum atomic E-state index is -3.31. The largest absolute Gasteiger partial charge is 0.252 e. The highest BCUT2D eigenvalue weighted by molar-refractivity contribution is 7.90. The summed E-state index contributed by atoms with van der Waals surface area (Å²) in [4.78, 5) is 0. The number of rotatable bonds is 5. The van der Waals surface area contributed by atoms with Gasteiger partial charge in [0.1, 0.15) is 0 Å². The van der Waals surface area contributed by atoms with Gasteiger partial charge in [-0.25, -0.2) is 8.42 Å². The van der Waals surface area contributed by atoms with Crippen LogP contribution in [0, 0.1) is 0 Å². The van der Waals surface area contributed by atoms with E-state index in [2.05, 4.69) is 24.0 Å². The van der Waals surface area contributed by atoms with Crippen molar-refractivity contribution in [2.24, 2.45) is 4.40 Å². The van der Waals surface area contributed by atoms with Crippen molar-refractivity contribution in [3.05, 3.63) is 35.9 Å². The van der Waals surface area contributed by atoms with Crippen LogP contribution in [0.4, 0.5) is 0 Å². The molecule has 94 valence electrons. The molecule has 0 atom stereocenters. The second kappa shape index (κ2) is 5.60. The van der Waals surface area contributed by atoms with Gasteiger partial charge in [-0.15, -0.1) is 0 Å². The molecule has 0 saturated heterocycles. The van der Waals surface area contributed by atoms with E-state index in [-0.39, 0.29) is 5.75 Å². The average molecular weight is 269 g/mol. The second-order valence-electron chi connectivity index (χ2n) is 5.24. The Morgan fingerprint density at radius 2 is 1.76 bits per heavy atom. The van der Waals surface area contributed by atoms with E-state index in [0.717, 1.165) is 11.6 Å². The Morgan fingerprint density at radius 3 is 2.29 bits per heavy atom. The van der Waals surface area contributed by atoms with Gasteiger partial charge in [0.15, 0.2) is 0 Å². The molecule has 17 heavy (non-hydrogen) atoms. The number of nitrogens with zero attached hydrogens (tertiary/aromatic N) is 1. The summed E-state index contributed by atoms with van der Waals surface area (Å²) in [6.07, 6.45) is 1.42. The highest BCUT2D eigenvalue weighted by Gasteiger charge is 2.17. The molecule has 0 heterocycles. The maximum absolute atomic E-state index is 11.7. The third-order valence-electron chi connectivity index (χ3n) is 2.27. The zero-order chi connectivity index (χ0) is 12.9. The van der Waals surface area contributed by atoms with Gasteiger partial charge in [0, 0.05) is 14.3 Å². The molecule has 0 radical (unpaired) electrons. The molecule has 0 amide bonds. The van der Waals surface area contributed by atoms with Crippen molar-refractivity contribution in [3.63, 3.8) is 0 Å². The Morgan fingerprint density at radius 1 is 1.18 bits per heavy atom. The van der Waals surface area contributed by atoms with Gasteiger partial charge in [0.05, 0.1) is 5.75 Å². The summed E-state index contributed by atoms with van der Waals surface area (Å²) in [7, 11) is -4.64. The fourth-order valence-corrected chi connectivity index (χ4v) is 5.04. The number of hydrogen-bond donors (Lipinski definition) is 0. The molecular formula is C12H19NO2SSi. The van der Waals surface area contributed by atoms with Crippen molar-refractivity contribution >= 4 is 24.3 Å². The molecule has 0 saturated carbocycles. The fraction of sp³-hybridized carbons (Fsp3) is 0.417. The van der Waals surface area contributed by atoms with Crippen LogP contribution in [0.5, 0.6) is 0 Å². The first-order valence-corrected chi connectivity index (χ1v) is 10.9. The Balaban J connectivity index is 2.65.